The van der Waals surface area contributed by atoms with Gasteiger partial charge in [0.05, 0.1) is 12.3 Å². The van der Waals surface area contributed by atoms with Crippen molar-refractivity contribution in [3.8, 4) is 0 Å². The Kier molecular flexibility index (Phi) is 11.1. The SMILES string of the molecule is CCCCCC(CCC)CC(O)(CC)/C(CO)=N/NC(C)=O. The standard InChI is InChI=1S/C17H34N2O3/c1-5-8-9-11-15(10-6-2)12-17(22,7-3)16(13-20)19-18-14(4)21/h15,20,22H,5-13H2,1-4H3,(H,18,21)/b19-16+. The van der Waals surface area contributed by atoms with E-state index in [4.69, 9.17) is 0 Å². The molecule has 2 unspecified atom stereocenters. The second-order valence-electron chi connectivity index (χ2n) is 6.12. The minimum atomic E-state index is -1.15. The summed E-state index contributed by atoms with van der Waals surface area (Å²) in [6.45, 7) is 7.22. The van der Waals surface area contributed by atoms with Crippen LogP contribution >= 0.6 is 0 Å². The molecule has 5 heteroatoms. The lowest BCUT2D eigenvalue weighted by molar-refractivity contribution is -0.118. The average molecular weight is 314 g/mol. The number of hydrogen-bond donors (Lipinski definition) is 3. The molecule has 0 aliphatic heterocycles. The largest absolute Gasteiger partial charge is 0.390 e. The second-order valence-corrected chi connectivity index (χ2v) is 6.12. The minimum Gasteiger partial charge on any atom is -0.390 e. The summed E-state index contributed by atoms with van der Waals surface area (Å²) in [6.07, 6.45) is 7.83. The number of aliphatic hydroxyl groups excluding tert-OH is 1. The molecule has 0 rings (SSSR count). The van der Waals surface area contributed by atoms with E-state index < -0.39 is 5.60 Å². The van der Waals surface area contributed by atoms with E-state index in [0.717, 1.165) is 25.7 Å². The molecule has 0 aromatic rings. The Balaban J connectivity index is 4.96. The summed E-state index contributed by atoms with van der Waals surface area (Å²) in [7, 11) is 0. The number of nitrogens with zero attached hydrogens (tertiary/aromatic N) is 1. The van der Waals surface area contributed by atoms with Gasteiger partial charge in [-0.1, -0.05) is 59.3 Å². The molecule has 22 heavy (non-hydrogen) atoms. The van der Waals surface area contributed by atoms with Gasteiger partial charge >= 0.3 is 0 Å². The van der Waals surface area contributed by atoms with Crippen LogP contribution in [-0.2, 0) is 4.79 Å². The molecule has 0 fully saturated rings. The fraction of sp³-hybridized carbons (Fsp3) is 0.882. The van der Waals surface area contributed by atoms with Crippen molar-refractivity contribution < 1.29 is 15.0 Å². The van der Waals surface area contributed by atoms with Crippen molar-refractivity contribution in [2.45, 2.75) is 84.7 Å². The predicted molar refractivity (Wildman–Crippen MR) is 90.7 cm³/mol. The molecule has 1 amide bonds. The Hall–Kier alpha value is -0.940. The van der Waals surface area contributed by atoms with Gasteiger partial charge in [-0.05, 0) is 18.8 Å². The highest BCUT2D eigenvalue weighted by molar-refractivity contribution is 5.94. The number of carbonyl (C=O) groups is 1. The van der Waals surface area contributed by atoms with Gasteiger partial charge in [-0.15, -0.1) is 0 Å². The van der Waals surface area contributed by atoms with Crippen molar-refractivity contribution >= 4 is 11.6 Å². The van der Waals surface area contributed by atoms with Gasteiger partial charge in [0.25, 0.3) is 0 Å². The first-order valence-corrected chi connectivity index (χ1v) is 8.60. The fourth-order valence-corrected chi connectivity index (χ4v) is 2.82. The molecule has 0 aromatic carbocycles. The van der Waals surface area contributed by atoms with Crippen molar-refractivity contribution in [3.05, 3.63) is 0 Å². The van der Waals surface area contributed by atoms with Crippen LogP contribution in [0.5, 0.6) is 0 Å². The molecule has 0 spiro atoms. The maximum atomic E-state index is 11.0. The zero-order valence-electron chi connectivity index (χ0n) is 14.7. The molecular weight excluding hydrogens is 280 g/mol. The van der Waals surface area contributed by atoms with E-state index in [1.54, 1.807) is 0 Å². The first-order chi connectivity index (χ1) is 10.4. The second kappa shape index (κ2) is 11.6. The Morgan fingerprint density at radius 1 is 1.18 bits per heavy atom. The normalized spacial score (nSPS) is 16.2. The Labute approximate surface area is 135 Å². The number of unbranched alkanes of at least 4 members (excludes halogenated alkanes) is 2. The van der Waals surface area contributed by atoms with Crippen LogP contribution in [0.3, 0.4) is 0 Å². The van der Waals surface area contributed by atoms with E-state index in [1.807, 2.05) is 6.92 Å². The smallest absolute Gasteiger partial charge is 0.236 e. The molecule has 3 N–H and O–H groups in total. The summed E-state index contributed by atoms with van der Waals surface area (Å²) in [6, 6.07) is 0. The van der Waals surface area contributed by atoms with E-state index in [9.17, 15) is 15.0 Å². The molecule has 0 aliphatic rings. The number of hydrogen-bond acceptors (Lipinski definition) is 4. The van der Waals surface area contributed by atoms with Crippen LogP contribution < -0.4 is 5.43 Å². The summed E-state index contributed by atoms with van der Waals surface area (Å²) in [5.74, 6) is 0.105. The van der Waals surface area contributed by atoms with Gasteiger partial charge in [-0.2, -0.15) is 5.10 Å². The maximum Gasteiger partial charge on any atom is 0.236 e. The highest BCUT2D eigenvalue weighted by Crippen LogP contribution is 2.29. The number of carbonyl (C=O) groups excluding carboxylic acids is 1. The number of nitrogens with one attached hydrogen (secondary N) is 1. The number of aliphatic hydroxyl groups is 2. The molecule has 0 radical (unpaired) electrons. The maximum absolute atomic E-state index is 11.0. The van der Waals surface area contributed by atoms with Crippen LogP contribution in [0.4, 0.5) is 0 Å². The molecule has 130 valence electrons. The summed E-state index contributed by atoms with van der Waals surface area (Å²) >= 11 is 0. The lowest BCUT2D eigenvalue weighted by Gasteiger charge is -2.32. The summed E-state index contributed by atoms with van der Waals surface area (Å²) in [4.78, 5) is 11.0. The van der Waals surface area contributed by atoms with Gasteiger partial charge in [-0.3, -0.25) is 4.79 Å². The predicted octanol–water partition coefficient (Wildman–Crippen LogP) is 3.00. The number of hydrazone groups is 1. The third-order valence-electron chi connectivity index (χ3n) is 4.16. The Morgan fingerprint density at radius 2 is 1.86 bits per heavy atom. The number of amides is 1. The van der Waals surface area contributed by atoms with Gasteiger partial charge in [-0.25, -0.2) is 5.43 Å². The molecule has 0 heterocycles. The molecule has 0 saturated heterocycles. The molecule has 0 aliphatic carbocycles. The first kappa shape index (κ1) is 21.1. The van der Waals surface area contributed by atoms with Gasteiger partial charge in [0.1, 0.15) is 5.60 Å². The van der Waals surface area contributed by atoms with Crippen LogP contribution in [0.2, 0.25) is 0 Å². The van der Waals surface area contributed by atoms with Crippen LogP contribution in [-0.4, -0.2) is 34.0 Å². The average Bonchev–Trinajstić information content (AvgIpc) is 2.47. The van der Waals surface area contributed by atoms with E-state index in [1.165, 1.54) is 19.8 Å². The zero-order chi connectivity index (χ0) is 17.0. The summed E-state index contributed by atoms with van der Waals surface area (Å²) in [5.41, 5.74) is 1.43. The lowest BCUT2D eigenvalue weighted by Crippen LogP contribution is -2.43. The van der Waals surface area contributed by atoms with Crippen molar-refractivity contribution in [3.63, 3.8) is 0 Å². The van der Waals surface area contributed by atoms with Gasteiger partial charge < -0.3 is 10.2 Å². The third-order valence-corrected chi connectivity index (χ3v) is 4.16. The van der Waals surface area contributed by atoms with Crippen molar-refractivity contribution in [2.75, 3.05) is 6.61 Å². The highest BCUT2D eigenvalue weighted by Gasteiger charge is 2.34. The van der Waals surface area contributed by atoms with Gasteiger partial charge in [0, 0.05) is 6.92 Å². The van der Waals surface area contributed by atoms with E-state index in [2.05, 4.69) is 24.4 Å². The molecule has 0 bridgehead atoms. The quantitative estimate of drug-likeness (QED) is 0.294. The summed E-state index contributed by atoms with van der Waals surface area (Å²) in [5, 5.41) is 24.3. The Bertz CT molecular complexity index is 345. The van der Waals surface area contributed by atoms with Crippen LogP contribution in [0, 0.1) is 5.92 Å². The van der Waals surface area contributed by atoms with E-state index in [-0.39, 0.29) is 18.2 Å². The number of rotatable bonds is 12. The molecule has 5 nitrogen and oxygen atoms in total. The van der Waals surface area contributed by atoms with Crippen LogP contribution in [0.1, 0.15) is 79.1 Å². The highest BCUT2D eigenvalue weighted by atomic mass is 16.3. The molecule has 2 atom stereocenters. The zero-order valence-corrected chi connectivity index (χ0v) is 14.7. The van der Waals surface area contributed by atoms with Crippen molar-refractivity contribution in [1.82, 2.24) is 5.43 Å². The van der Waals surface area contributed by atoms with E-state index >= 15 is 0 Å². The molecule has 0 saturated carbocycles. The van der Waals surface area contributed by atoms with Crippen LogP contribution in [0.15, 0.2) is 5.10 Å². The van der Waals surface area contributed by atoms with Gasteiger partial charge in [0.2, 0.25) is 5.91 Å². The van der Waals surface area contributed by atoms with Gasteiger partial charge in [0.15, 0.2) is 0 Å². The monoisotopic (exact) mass is 314 g/mol. The fourth-order valence-electron chi connectivity index (χ4n) is 2.82. The van der Waals surface area contributed by atoms with Crippen molar-refractivity contribution in [2.24, 2.45) is 11.0 Å². The molecule has 0 aromatic heterocycles. The van der Waals surface area contributed by atoms with E-state index in [0.29, 0.717) is 18.8 Å². The van der Waals surface area contributed by atoms with Crippen LogP contribution in [0.25, 0.3) is 0 Å². The molecular formula is C17H34N2O3. The summed E-state index contributed by atoms with van der Waals surface area (Å²) < 4.78 is 0. The Morgan fingerprint density at radius 3 is 2.32 bits per heavy atom. The first-order valence-electron chi connectivity index (χ1n) is 8.60. The lowest BCUT2D eigenvalue weighted by atomic mass is 9.80. The third kappa shape index (κ3) is 7.90. The minimum absolute atomic E-state index is 0.252. The topological polar surface area (TPSA) is 81.9 Å². The van der Waals surface area contributed by atoms with Crippen molar-refractivity contribution in [1.29, 1.82) is 0 Å².